The van der Waals surface area contributed by atoms with Crippen molar-refractivity contribution in [3.05, 3.63) is 47.3 Å². The molecule has 1 aromatic heterocycles. The zero-order valence-corrected chi connectivity index (χ0v) is 9.60. The van der Waals surface area contributed by atoms with E-state index < -0.39 is 0 Å². The maximum atomic E-state index is 5.84. The predicted molar refractivity (Wildman–Crippen MR) is 64.8 cm³/mol. The molecule has 0 atom stereocenters. The Bertz CT molecular complexity index is 519. The van der Waals surface area contributed by atoms with Gasteiger partial charge in [-0.2, -0.15) is 5.10 Å². The zero-order chi connectivity index (χ0) is 11.7. The van der Waals surface area contributed by atoms with Crippen molar-refractivity contribution < 1.29 is 4.74 Å². The summed E-state index contributed by atoms with van der Waals surface area (Å²) in [6.07, 6.45) is 0.877. The van der Waals surface area contributed by atoms with Gasteiger partial charge in [0.25, 0.3) is 0 Å². The van der Waals surface area contributed by atoms with Gasteiger partial charge in [0.05, 0.1) is 30.3 Å². The van der Waals surface area contributed by atoms with Gasteiger partial charge < -0.3 is 10.5 Å². The first kappa shape index (κ1) is 10.5. The van der Waals surface area contributed by atoms with Crippen LogP contribution in [-0.2, 0) is 24.3 Å². The average molecular weight is 229 g/mol. The van der Waals surface area contributed by atoms with E-state index in [0.29, 0.717) is 13.2 Å². The lowest BCUT2D eigenvalue weighted by atomic mass is 10.1. The molecule has 0 unspecified atom stereocenters. The van der Waals surface area contributed by atoms with Crippen molar-refractivity contribution in [2.75, 3.05) is 6.61 Å². The van der Waals surface area contributed by atoms with Gasteiger partial charge in [-0.15, -0.1) is 0 Å². The molecule has 1 aliphatic heterocycles. The van der Waals surface area contributed by atoms with Crippen LogP contribution in [0.5, 0.6) is 0 Å². The van der Waals surface area contributed by atoms with E-state index in [9.17, 15) is 0 Å². The molecule has 0 saturated heterocycles. The highest BCUT2D eigenvalue weighted by Gasteiger charge is 2.20. The molecule has 2 aromatic rings. The van der Waals surface area contributed by atoms with E-state index in [1.807, 2.05) is 35.0 Å². The third kappa shape index (κ3) is 1.75. The highest BCUT2D eigenvalue weighted by Crippen LogP contribution is 2.22. The van der Waals surface area contributed by atoms with Gasteiger partial charge >= 0.3 is 0 Å². The molecule has 0 fully saturated rings. The second-order valence-corrected chi connectivity index (χ2v) is 4.13. The minimum Gasteiger partial charge on any atom is -0.376 e. The molecule has 0 spiro atoms. The quantitative estimate of drug-likeness (QED) is 0.847. The Morgan fingerprint density at radius 3 is 2.88 bits per heavy atom. The van der Waals surface area contributed by atoms with Gasteiger partial charge in [-0.25, -0.2) is 4.68 Å². The van der Waals surface area contributed by atoms with Gasteiger partial charge in [0.1, 0.15) is 0 Å². The summed E-state index contributed by atoms with van der Waals surface area (Å²) in [4.78, 5) is 0. The lowest BCUT2D eigenvalue weighted by molar-refractivity contribution is 0.109. The Balaban J connectivity index is 2.14. The van der Waals surface area contributed by atoms with Crippen molar-refractivity contribution in [2.45, 2.75) is 19.6 Å². The summed E-state index contributed by atoms with van der Waals surface area (Å²) < 4.78 is 7.42. The normalized spacial score (nSPS) is 14.6. The van der Waals surface area contributed by atoms with Gasteiger partial charge in [-0.05, 0) is 12.1 Å². The van der Waals surface area contributed by atoms with Crippen LogP contribution in [0.25, 0.3) is 5.69 Å². The van der Waals surface area contributed by atoms with E-state index in [4.69, 9.17) is 10.5 Å². The Hall–Kier alpha value is -1.65. The number of hydrogen-bond donors (Lipinski definition) is 1. The van der Waals surface area contributed by atoms with Crippen LogP contribution < -0.4 is 5.73 Å². The number of ether oxygens (including phenoxy) is 1. The third-order valence-corrected chi connectivity index (χ3v) is 3.10. The molecule has 0 bridgehead atoms. The van der Waals surface area contributed by atoms with E-state index >= 15 is 0 Å². The summed E-state index contributed by atoms with van der Waals surface area (Å²) in [6.45, 7) is 1.87. The second-order valence-electron chi connectivity index (χ2n) is 4.13. The van der Waals surface area contributed by atoms with Crippen LogP contribution >= 0.6 is 0 Å². The molecule has 2 heterocycles. The fraction of sp³-hybridized carbons (Fsp3) is 0.308. The number of benzene rings is 1. The van der Waals surface area contributed by atoms with Crippen molar-refractivity contribution in [1.82, 2.24) is 9.78 Å². The van der Waals surface area contributed by atoms with Crippen molar-refractivity contribution in [1.29, 1.82) is 0 Å². The Kier molecular flexibility index (Phi) is 2.66. The largest absolute Gasteiger partial charge is 0.376 e. The first-order chi connectivity index (χ1) is 8.40. The van der Waals surface area contributed by atoms with Gasteiger partial charge in [-0.3, -0.25) is 0 Å². The number of fused-ring (bicyclic) bond motifs is 1. The highest BCUT2D eigenvalue weighted by molar-refractivity contribution is 5.38. The van der Waals surface area contributed by atoms with E-state index in [-0.39, 0.29) is 0 Å². The maximum Gasteiger partial charge on any atom is 0.0754 e. The SMILES string of the molecule is NCc1c2c(nn1-c1ccccc1)CCOC2. The lowest BCUT2D eigenvalue weighted by Crippen LogP contribution is -2.11. The van der Waals surface area contributed by atoms with E-state index in [0.717, 1.165) is 30.1 Å². The van der Waals surface area contributed by atoms with Crippen molar-refractivity contribution in [2.24, 2.45) is 5.73 Å². The Morgan fingerprint density at radius 2 is 2.12 bits per heavy atom. The Labute approximate surface area is 100 Å². The number of para-hydroxylation sites is 1. The minimum atomic E-state index is 0.487. The summed E-state index contributed by atoms with van der Waals surface area (Å²) in [5.41, 5.74) is 10.3. The monoisotopic (exact) mass is 229 g/mol. The van der Waals surface area contributed by atoms with Crippen molar-refractivity contribution in [3.8, 4) is 5.69 Å². The van der Waals surface area contributed by atoms with Gasteiger partial charge in [0, 0.05) is 18.5 Å². The molecule has 0 aliphatic carbocycles. The standard InChI is InChI=1S/C13H15N3O/c14-8-13-11-9-17-7-6-12(11)15-16(13)10-4-2-1-3-5-10/h1-5H,6-9,14H2. The summed E-state index contributed by atoms with van der Waals surface area (Å²) >= 11 is 0. The topological polar surface area (TPSA) is 53.1 Å². The van der Waals surface area contributed by atoms with Gasteiger partial charge in [-0.1, -0.05) is 18.2 Å². The zero-order valence-electron chi connectivity index (χ0n) is 9.60. The summed E-state index contributed by atoms with van der Waals surface area (Å²) in [6, 6.07) is 10.1. The fourth-order valence-corrected chi connectivity index (χ4v) is 2.24. The van der Waals surface area contributed by atoms with Crippen LogP contribution in [0.4, 0.5) is 0 Å². The molecular weight excluding hydrogens is 214 g/mol. The summed E-state index contributed by atoms with van der Waals surface area (Å²) in [5, 5.41) is 4.65. The number of hydrogen-bond acceptors (Lipinski definition) is 3. The Morgan fingerprint density at radius 1 is 1.29 bits per heavy atom. The van der Waals surface area contributed by atoms with Crippen LogP contribution in [0.1, 0.15) is 17.0 Å². The van der Waals surface area contributed by atoms with E-state index in [2.05, 4.69) is 5.10 Å². The molecule has 4 heteroatoms. The highest BCUT2D eigenvalue weighted by atomic mass is 16.5. The summed E-state index contributed by atoms with van der Waals surface area (Å²) in [5.74, 6) is 0. The van der Waals surface area contributed by atoms with Crippen molar-refractivity contribution >= 4 is 0 Å². The lowest BCUT2D eigenvalue weighted by Gasteiger charge is -2.11. The molecule has 1 aromatic carbocycles. The molecule has 2 N–H and O–H groups in total. The summed E-state index contributed by atoms with van der Waals surface area (Å²) in [7, 11) is 0. The van der Waals surface area contributed by atoms with Gasteiger partial charge in [0.2, 0.25) is 0 Å². The van der Waals surface area contributed by atoms with Crippen LogP contribution in [0.3, 0.4) is 0 Å². The molecular formula is C13H15N3O. The van der Waals surface area contributed by atoms with Crippen LogP contribution in [0.15, 0.2) is 30.3 Å². The number of rotatable bonds is 2. The second kappa shape index (κ2) is 4.31. The first-order valence-electron chi connectivity index (χ1n) is 5.83. The van der Waals surface area contributed by atoms with Gasteiger partial charge in [0.15, 0.2) is 0 Å². The molecule has 1 aliphatic rings. The third-order valence-electron chi connectivity index (χ3n) is 3.10. The molecule has 0 saturated carbocycles. The molecule has 17 heavy (non-hydrogen) atoms. The smallest absolute Gasteiger partial charge is 0.0754 e. The van der Waals surface area contributed by atoms with E-state index in [1.165, 1.54) is 5.56 Å². The molecule has 0 radical (unpaired) electrons. The van der Waals surface area contributed by atoms with Crippen LogP contribution in [-0.4, -0.2) is 16.4 Å². The fourth-order valence-electron chi connectivity index (χ4n) is 2.24. The predicted octanol–water partition coefficient (Wildman–Crippen LogP) is 1.40. The number of nitrogens with two attached hydrogens (primary N) is 1. The molecule has 4 nitrogen and oxygen atoms in total. The van der Waals surface area contributed by atoms with Crippen LogP contribution in [0, 0.1) is 0 Å². The first-order valence-corrected chi connectivity index (χ1v) is 5.83. The molecule has 3 rings (SSSR count). The maximum absolute atomic E-state index is 5.84. The number of aromatic nitrogens is 2. The molecule has 0 amide bonds. The number of nitrogens with zero attached hydrogens (tertiary/aromatic N) is 2. The minimum absolute atomic E-state index is 0.487. The average Bonchev–Trinajstić information content (AvgIpc) is 2.78. The molecule has 88 valence electrons. The van der Waals surface area contributed by atoms with E-state index in [1.54, 1.807) is 0 Å². The van der Waals surface area contributed by atoms with Crippen LogP contribution in [0.2, 0.25) is 0 Å². The van der Waals surface area contributed by atoms with Crippen molar-refractivity contribution in [3.63, 3.8) is 0 Å².